The molecule has 17 heteroatoms. The molecular weight excluding hydrogens is 875 g/mol. The number of carbonyl (C=O) groups excluding carboxylic acids is 5. The number of esters is 1. The topological polar surface area (TPSA) is 219 Å². The number of rotatable bonds is 25. The molecule has 1 aliphatic carbocycles. The fourth-order valence-corrected chi connectivity index (χ4v) is 10.3. The first kappa shape index (κ1) is 56.6. The van der Waals surface area contributed by atoms with E-state index in [9.17, 15) is 34.2 Å². The van der Waals surface area contributed by atoms with Crippen molar-refractivity contribution >= 4 is 29.2 Å². The van der Waals surface area contributed by atoms with E-state index in [0.717, 1.165) is 18.4 Å². The lowest BCUT2D eigenvalue weighted by Crippen LogP contribution is -2.61. The lowest BCUT2D eigenvalue weighted by Gasteiger charge is -2.42. The van der Waals surface area contributed by atoms with Crippen LogP contribution in [0.5, 0.6) is 0 Å². The molecule has 3 heterocycles. The summed E-state index contributed by atoms with van der Waals surface area (Å²) in [6.07, 6.45) is 10.4. The van der Waals surface area contributed by atoms with Crippen LogP contribution in [-0.4, -0.2) is 141 Å². The Morgan fingerprint density at radius 3 is 2.32 bits per heavy atom. The van der Waals surface area contributed by atoms with Crippen molar-refractivity contribution in [3.63, 3.8) is 0 Å². The van der Waals surface area contributed by atoms with Gasteiger partial charge in [0.2, 0.25) is 5.79 Å². The first-order chi connectivity index (χ1) is 32.3. The normalized spacial score (nSPS) is 27.9. The molecule has 2 saturated heterocycles. The molecule has 2 N–H and O–H groups in total. The van der Waals surface area contributed by atoms with Crippen LogP contribution < -0.4 is 0 Å². The van der Waals surface area contributed by atoms with Gasteiger partial charge in [-0.1, -0.05) is 58.9 Å². The van der Waals surface area contributed by atoms with E-state index in [2.05, 4.69) is 15.5 Å². The van der Waals surface area contributed by atoms with Crippen LogP contribution in [0.25, 0.3) is 0 Å². The fourth-order valence-electron chi connectivity index (χ4n) is 10.3. The number of tetrazole rings is 1. The van der Waals surface area contributed by atoms with Crippen LogP contribution in [0.15, 0.2) is 41.8 Å². The number of piperidine rings is 1. The molecule has 2 aliphatic heterocycles. The van der Waals surface area contributed by atoms with Gasteiger partial charge in [0.1, 0.15) is 36.5 Å². The molecule has 0 unspecified atom stereocenters. The SMILES string of the molecule is C/C=C/C=C(\C)[C@H](C[C@@H]1CC[C@@H](C)[C@](O)(C(=O)C(=O)N2CCCC[C@H]2C(=O)O[C@@H](CC(=O)C/C=C(\C)[C@@H](O)[C@@H](OC)C(=O)[C@H](C)CC(C)C)[C@H](C)C[C@@H]2CC[C@H](n3cnnn3)[C@H](OC)C2)O1)OC. The molecule has 4 rings (SSSR count). The van der Waals surface area contributed by atoms with Crippen LogP contribution in [0, 0.1) is 29.6 Å². The summed E-state index contributed by atoms with van der Waals surface area (Å²) in [6, 6.07) is -1.18. The van der Waals surface area contributed by atoms with Gasteiger partial charge in [0.15, 0.2) is 5.78 Å². The van der Waals surface area contributed by atoms with Crippen molar-refractivity contribution in [1.29, 1.82) is 0 Å². The second-order valence-electron chi connectivity index (χ2n) is 20.1. The van der Waals surface area contributed by atoms with Gasteiger partial charge < -0.3 is 38.8 Å². The monoisotopic (exact) mass is 956 g/mol. The van der Waals surface area contributed by atoms with Crippen LogP contribution >= 0.6 is 0 Å². The largest absolute Gasteiger partial charge is 0.460 e. The second kappa shape index (κ2) is 26.8. The molecule has 13 atom stereocenters. The van der Waals surface area contributed by atoms with Crippen molar-refractivity contribution in [2.75, 3.05) is 27.9 Å². The molecule has 68 heavy (non-hydrogen) atoms. The molecule has 382 valence electrons. The first-order valence-electron chi connectivity index (χ1n) is 24.8. The Morgan fingerprint density at radius 2 is 1.69 bits per heavy atom. The maximum Gasteiger partial charge on any atom is 0.329 e. The number of hydrogen-bond donors (Lipinski definition) is 2. The fraction of sp³-hybridized carbons (Fsp3) is 0.765. The van der Waals surface area contributed by atoms with E-state index in [-0.39, 0.29) is 79.3 Å². The van der Waals surface area contributed by atoms with E-state index in [1.165, 1.54) is 12.0 Å². The number of allylic oxidation sites excluding steroid dienone is 4. The molecule has 1 aromatic heterocycles. The number of aliphatic hydroxyl groups excluding tert-OH is 1. The smallest absolute Gasteiger partial charge is 0.329 e. The number of likely N-dealkylation sites (tertiary alicyclic amines) is 1. The Bertz CT molecular complexity index is 1900. The third-order valence-corrected chi connectivity index (χ3v) is 14.5. The Balaban J connectivity index is 1.53. The maximum atomic E-state index is 14.4. The summed E-state index contributed by atoms with van der Waals surface area (Å²) in [7, 11) is 4.62. The lowest BCUT2D eigenvalue weighted by atomic mass is 9.78. The summed E-state index contributed by atoms with van der Waals surface area (Å²) in [5, 5.41) is 34.8. The van der Waals surface area contributed by atoms with E-state index in [4.69, 9.17) is 23.7 Å². The molecule has 17 nitrogen and oxygen atoms in total. The molecule has 0 bridgehead atoms. The number of hydrogen-bond acceptors (Lipinski definition) is 15. The molecule has 3 aliphatic rings. The molecular formula is C51H81N5O12. The number of aliphatic hydroxyl groups is 2. The minimum absolute atomic E-state index is 0.0474. The third-order valence-electron chi connectivity index (χ3n) is 14.5. The average molecular weight is 956 g/mol. The summed E-state index contributed by atoms with van der Waals surface area (Å²) < 4.78 is 31.2. The maximum absolute atomic E-state index is 14.4. The summed E-state index contributed by atoms with van der Waals surface area (Å²) in [5.74, 6) is -6.70. The quantitative estimate of drug-likeness (QED) is 0.0478. The number of Topliss-reactive ketones (excluding diaryl/α,β-unsaturated/α-hetero) is 3. The Labute approximate surface area is 403 Å². The van der Waals surface area contributed by atoms with Gasteiger partial charge in [-0.2, -0.15) is 0 Å². The van der Waals surface area contributed by atoms with Gasteiger partial charge in [-0.15, -0.1) is 5.10 Å². The molecule has 0 spiro atoms. The van der Waals surface area contributed by atoms with E-state index < -0.39 is 59.8 Å². The number of amides is 1. The van der Waals surface area contributed by atoms with Crippen molar-refractivity contribution in [2.24, 2.45) is 29.6 Å². The minimum Gasteiger partial charge on any atom is -0.460 e. The van der Waals surface area contributed by atoms with E-state index in [1.54, 1.807) is 45.2 Å². The van der Waals surface area contributed by atoms with Gasteiger partial charge in [-0.05, 0) is 124 Å². The third kappa shape index (κ3) is 15.0. The minimum atomic E-state index is -2.42. The van der Waals surface area contributed by atoms with E-state index in [0.29, 0.717) is 56.9 Å². The van der Waals surface area contributed by atoms with Crippen LogP contribution in [-0.2, 0) is 47.7 Å². The van der Waals surface area contributed by atoms with Gasteiger partial charge in [0.25, 0.3) is 11.7 Å². The van der Waals surface area contributed by atoms with Crippen molar-refractivity contribution in [3.8, 4) is 0 Å². The summed E-state index contributed by atoms with van der Waals surface area (Å²) in [5.41, 5.74) is 1.35. The summed E-state index contributed by atoms with van der Waals surface area (Å²) >= 11 is 0. The van der Waals surface area contributed by atoms with Crippen LogP contribution in [0.1, 0.15) is 145 Å². The molecule has 1 amide bonds. The number of ketones is 3. The highest BCUT2D eigenvalue weighted by atomic mass is 16.6. The number of carbonyl (C=O) groups is 5. The predicted molar refractivity (Wildman–Crippen MR) is 254 cm³/mol. The van der Waals surface area contributed by atoms with E-state index in [1.807, 2.05) is 59.8 Å². The van der Waals surface area contributed by atoms with Gasteiger partial charge in [0, 0.05) is 59.0 Å². The highest BCUT2D eigenvalue weighted by Crippen LogP contribution is 2.39. The zero-order valence-electron chi connectivity index (χ0n) is 42.5. The van der Waals surface area contributed by atoms with Gasteiger partial charge >= 0.3 is 5.97 Å². The van der Waals surface area contributed by atoms with Crippen molar-refractivity contribution in [3.05, 3.63) is 41.8 Å². The number of ether oxygens (including phenoxy) is 5. The highest BCUT2D eigenvalue weighted by molar-refractivity contribution is 6.39. The number of aromatic nitrogens is 4. The first-order valence-corrected chi connectivity index (χ1v) is 24.8. The van der Waals surface area contributed by atoms with Crippen molar-refractivity contribution < 1.29 is 57.9 Å². The van der Waals surface area contributed by atoms with Gasteiger partial charge in [-0.25, -0.2) is 9.48 Å². The van der Waals surface area contributed by atoms with Crippen LogP contribution in [0.4, 0.5) is 0 Å². The Morgan fingerprint density at radius 1 is 0.956 bits per heavy atom. The summed E-state index contributed by atoms with van der Waals surface area (Å²) in [6.45, 7) is 15.1. The van der Waals surface area contributed by atoms with Crippen molar-refractivity contribution in [2.45, 2.75) is 193 Å². The zero-order chi connectivity index (χ0) is 50.3. The molecule has 0 radical (unpaired) electrons. The van der Waals surface area contributed by atoms with Gasteiger partial charge in [0.05, 0.1) is 24.4 Å². The average Bonchev–Trinajstić information content (AvgIpc) is 3.87. The van der Waals surface area contributed by atoms with E-state index >= 15 is 0 Å². The van der Waals surface area contributed by atoms with Gasteiger partial charge in [-0.3, -0.25) is 19.2 Å². The molecule has 3 fully saturated rings. The number of nitrogens with zero attached hydrogens (tertiary/aromatic N) is 5. The standard InChI is InChI=1S/C51H81N5O12/c1-12-13-16-32(4)42(64-9)29-39-22-19-36(8)51(63,68-39)48(60)49(61)55-24-15-14-17-41(55)50(62)67-43(34(6)26-37-20-23-40(44(27-37)65-10)56-30-52-53-54-56)28-38(57)21-18-33(5)45(58)47(66-11)46(59)35(7)25-31(2)3/h12-13,16,18,30-31,34-37,39-45,47,58,63H,14-15,17,19-29H2,1-11H3/b13-12+,32-16+,33-18+/t34-,35-,36-,37+,39+,40+,41+,42+,43+,44-,45-,47-,51-/m1/s1. The molecule has 1 aromatic rings. The lowest BCUT2D eigenvalue weighted by molar-refractivity contribution is -0.265. The predicted octanol–water partition coefficient (Wildman–Crippen LogP) is 6.27. The summed E-state index contributed by atoms with van der Waals surface area (Å²) in [4.78, 5) is 71.2. The number of methoxy groups -OCH3 is 3. The zero-order valence-corrected chi connectivity index (χ0v) is 42.5. The molecule has 0 aromatic carbocycles. The van der Waals surface area contributed by atoms with Crippen molar-refractivity contribution in [1.82, 2.24) is 25.1 Å². The highest BCUT2D eigenvalue weighted by Gasteiger charge is 2.53. The van der Waals surface area contributed by atoms with Crippen LogP contribution in [0.2, 0.25) is 0 Å². The Kier molecular flexibility index (Phi) is 22.3. The second-order valence-corrected chi connectivity index (χ2v) is 20.1. The van der Waals surface area contributed by atoms with Crippen LogP contribution in [0.3, 0.4) is 0 Å². The Hall–Kier alpha value is -4.00. The molecule has 1 saturated carbocycles.